The van der Waals surface area contributed by atoms with Crippen molar-refractivity contribution in [3.8, 4) is 0 Å². The van der Waals surface area contributed by atoms with Gasteiger partial charge in [0.1, 0.15) is 0 Å². The van der Waals surface area contributed by atoms with Gasteiger partial charge < -0.3 is 10.1 Å². The molecule has 26 heavy (non-hydrogen) atoms. The van der Waals surface area contributed by atoms with Crippen molar-refractivity contribution < 1.29 is 22.7 Å². The minimum Gasteiger partial charge on any atom is -0.452 e. The fourth-order valence-electron chi connectivity index (χ4n) is 2.94. The third-order valence-corrected chi connectivity index (χ3v) is 5.64. The summed E-state index contributed by atoms with van der Waals surface area (Å²) in [6, 6.07) is 6.18. The van der Waals surface area contributed by atoms with Crippen LogP contribution in [0.5, 0.6) is 0 Å². The van der Waals surface area contributed by atoms with E-state index in [1.54, 1.807) is 19.1 Å². The number of esters is 1. The average molecular weight is 382 g/mol. The summed E-state index contributed by atoms with van der Waals surface area (Å²) in [5, 5.41) is 2.87. The Balaban J connectivity index is 1.86. The fraction of sp³-hybridized carbons (Fsp3) is 0.556. The van der Waals surface area contributed by atoms with E-state index in [1.807, 2.05) is 0 Å². The van der Waals surface area contributed by atoms with Gasteiger partial charge in [-0.3, -0.25) is 9.52 Å². The molecule has 0 bridgehead atoms. The van der Waals surface area contributed by atoms with Crippen LogP contribution in [0.15, 0.2) is 24.3 Å². The standard InChI is InChI=1S/C18H26N2O5S/c1-2-11-26(23,24)20-16-10-6-7-14(12-16)18(22)25-13-17(21)19-15-8-4-3-5-9-15/h6-7,10,12,15,20H,2-5,8-9,11,13H2,1H3,(H,19,21). The number of carbonyl (C=O) groups excluding carboxylic acids is 2. The van der Waals surface area contributed by atoms with E-state index in [2.05, 4.69) is 10.0 Å². The number of hydrogen-bond acceptors (Lipinski definition) is 5. The zero-order valence-corrected chi connectivity index (χ0v) is 15.8. The van der Waals surface area contributed by atoms with E-state index in [-0.39, 0.29) is 29.9 Å². The van der Waals surface area contributed by atoms with E-state index in [0.29, 0.717) is 12.1 Å². The van der Waals surface area contributed by atoms with Gasteiger partial charge in [0.25, 0.3) is 5.91 Å². The van der Waals surface area contributed by atoms with Crippen molar-refractivity contribution in [3.63, 3.8) is 0 Å². The van der Waals surface area contributed by atoms with Crippen molar-refractivity contribution in [3.05, 3.63) is 29.8 Å². The Hall–Kier alpha value is -2.09. The Bertz CT molecular complexity index is 727. The first kappa shape index (κ1) is 20.2. The normalized spacial score (nSPS) is 15.3. The summed E-state index contributed by atoms with van der Waals surface area (Å²) in [5.41, 5.74) is 0.478. The lowest BCUT2D eigenvalue weighted by molar-refractivity contribution is -0.125. The van der Waals surface area contributed by atoms with Crippen LogP contribution in [0.4, 0.5) is 5.69 Å². The molecule has 1 fully saturated rings. The molecule has 1 amide bonds. The highest BCUT2D eigenvalue weighted by atomic mass is 32.2. The largest absolute Gasteiger partial charge is 0.452 e. The summed E-state index contributed by atoms with van der Waals surface area (Å²) in [5.74, 6) is -0.978. The molecule has 0 saturated heterocycles. The number of sulfonamides is 1. The summed E-state index contributed by atoms with van der Waals surface area (Å²) >= 11 is 0. The molecule has 0 radical (unpaired) electrons. The molecule has 7 nitrogen and oxygen atoms in total. The van der Waals surface area contributed by atoms with Gasteiger partial charge in [-0.25, -0.2) is 13.2 Å². The Kier molecular flexibility index (Phi) is 7.44. The highest BCUT2D eigenvalue weighted by molar-refractivity contribution is 7.92. The van der Waals surface area contributed by atoms with Gasteiger partial charge in [0, 0.05) is 11.7 Å². The first-order chi connectivity index (χ1) is 12.4. The Labute approximate surface area is 154 Å². The van der Waals surface area contributed by atoms with Gasteiger partial charge in [0.05, 0.1) is 11.3 Å². The van der Waals surface area contributed by atoms with E-state index >= 15 is 0 Å². The quantitative estimate of drug-likeness (QED) is 0.673. The lowest BCUT2D eigenvalue weighted by atomic mass is 9.95. The minimum absolute atomic E-state index is 0.00299. The molecule has 0 spiro atoms. The first-order valence-electron chi connectivity index (χ1n) is 8.96. The highest BCUT2D eigenvalue weighted by Gasteiger charge is 2.17. The number of benzene rings is 1. The first-order valence-corrected chi connectivity index (χ1v) is 10.6. The molecule has 0 aromatic heterocycles. The van der Waals surface area contributed by atoms with Gasteiger partial charge in [-0.15, -0.1) is 0 Å². The van der Waals surface area contributed by atoms with Crippen molar-refractivity contribution >= 4 is 27.6 Å². The third kappa shape index (κ3) is 6.67. The topological polar surface area (TPSA) is 102 Å². The number of hydrogen-bond donors (Lipinski definition) is 2. The van der Waals surface area contributed by atoms with Crippen LogP contribution in [0, 0.1) is 0 Å². The molecule has 0 atom stereocenters. The van der Waals surface area contributed by atoms with Crippen molar-refractivity contribution in [1.29, 1.82) is 0 Å². The summed E-state index contributed by atoms with van der Waals surface area (Å²) < 4.78 is 31.1. The van der Waals surface area contributed by atoms with Crippen LogP contribution in [-0.2, 0) is 19.6 Å². The maximum atomic E-state index is 12.1. The monoisotopic (exact) mass is 382 g/mol. The number of carbonyl (C=O) groups is 2. The Morgan fingerprint density at radius 2 is 1.92 bits per heavy atom. The van der Waals surface area contributed by atoms with E-state index in [0.717, 1.165) is 25.7 Å². The second-order valence-electron chi connectivity index (χ2n) is 6.48. The van der Waals surface area contributed by atoms with E-state index in [9.17, 15) is 18.0 Å². The SMILES string of the molecule is CCCS(=O)(=O)Nc1cccc(C(=O)OCC(=O)NC2CCCCC2)c1. The molecule has 2 N–H and O–H groups in total. The molecule has 1 saturated carbocycles. The average Bonchev–Trinajstić information content (AvgIpc) is 2.60. The van der Waals surface area contributed by atoms with Gasteiger partial charge in [0.15, 0.2) is 6.61 Å². The zero-order valence-electron chi connectivity index (χ0n) is 15.0. The molecule has 0 aliphatic heterocycles. The van der Waals surface area contributed by atoms with Crippen molar-refractivity contribution in [2.75, 3.05) is 17.1 Å². The molecule has 1 aromatic carbocycles. The van der Waals surface area contributed by atoms with Crippen LogP contribution in [-0.4, -0.2) is 38.7 Å². The molecule has 1 aromatic rings. The summed E-state index contributed by atoms with van der Waals surface area (Å²) in [7, 11) is -3.44. The van der Waals surface area contributed by atoms with Crippen LogP contribution < -0.4 is 10.0 Å². The number of amides is 1. The smallest absolute Gasteiger partial charge is 0.338 e. The number of anilines is 1. The van der Waals surface area contributed by atoms with Crippen LogP contribution >= 0.6 is 0 Å². The molecular formula is C18H26N2O5S. The van der Waals surface area contributed by atoms with Gasteiger partial charge >= 0.3 is 5.97 Å². The predicted octanol–water partition coefficient (Wildman–Crippen LogP) is 2.44. The van der Waals surface area contributed by atoms with E-state index < -0.39 is 16.0 Å². The number of rotatable bonds is 8. The van der Waals surface area contributed by atoms with Gasteiger partial charge in [0.2, 0.25) is 10.0 Å². The van der Waals surface area contributed by atoms with Crippen LogP contribution in [0.3, 0.4) is 0 Å². The summed E-state index contributed by atoms with van der Waals surface area (Å²) in [6.45, 7) is 1.42. The van der Waals surface area contributed by atoms with Crippen LogP contribution in [0.25, 0.3) is 0 Å². The minimum atomic E-state index is -3.44. The fourth-order valence-corrected chi connectivity index (χ4v) is 4.07. The Morgan fingerprint density at radius 3 is 2.62 bits per heavy atom. The van der Waals surface area contributed by atoms with Crippen LogP contribution in [0.2, 0.25) is 0 Å². The molecule has 0 heterocycles. The molecule has 0 unspecified atom stereocenters. The molecule has 8 heteroatoms. The second kappa shape index (κ2) is 9.56. The number of nitrogens with one attached hydrogen (secondary N) is 2. The highest BCUT2D eigenvalue weighted by Crippen LogP contribution is 2.17. The summed E-state index contributed by atoms with van der Waals surface area (Å²) in [6.07, 6.45) is 5.81. The van der Waals surface area contributed by atoms with Crippen molar-refractivity contribution in [2.24, 2.45) is 0 Å². The second-order valence-corrected chi connectivity index (χ2v) is 8.32. The molecule has 2 rings (SSSR count). The number of ether oxygens (including phenoxy) is 1. The van der Waals surface area contributed by atoms with Crippen molar-refractivity contribution in [2.45, 2.75) is 51.5 Å². The molecule has 1 aliphatic rings. The van der Waals surface area contributed by atoms with E-state index in [1.165, 1.54) is 18.6 Å². The summed E-state index contributed by atoms with van der Waals surface area (Å²) in [4.78, 5) is 24.0. The maximum absolute atomic E-state index is 12.1. The predicted molar refractivity (Wildman–Crippen MR) is 99.4 cm³/mol. The van der Waals surface area contributed by atoms with E-state index in [4.69, 9.17) is 4.74 Å². The molecule has 1 aliphatic carbocycles. The third-order valence-electron chi connectivity index (χ3n) is 4.15. The maximum Gasteiger partial charge on any atom is 0.338 e. The lowest BCUT2D eigenvalue weighted by Crippen LogP contribution is -2.38. The Morgan fingerprint density at radius 1 is 1.19 bits per heavy atom. The zero-order chi connectivity index (χ0) is 19.0. The van der Waals surface area contributed by atoms with Gasteiger partial charge in [-0.05, 0) is 37.5 Å². The van der Waals surface area contributed by atoms with Gasteiger partial charge in [-0.1, -0.05) is 32.3 Å². The lowest BCUT2D eigenvalue weighted by Gasteiger charge is -2.22. The van der Waals surface area contributed by atoms with Crippen molar-refractivity contribution in [1.82, 2.24) is 5.32 Å². The molecule has 144 valence electrons. The van der Waals surface area contributed by atoms with Crippen LogP contribution in [0.1, 0.15) is 55.8 Å². The van der Waals surface area contributed by atoms with Gasteiger partial charge in [-0.2, -0.15) is 0 Å². The molecular weight excluding hydrogens is 356 g/mol.